The number of carboxylic acids is 1. The fourth-order valence-electron chi connectivity index (χ4n) is 2.34. The van der Waals surface area contributed by atoms with Gasteiger partial charge in [-0.15, -0.1) is 0 Å². The lowest BCUT2D eigenvalue weighted by atomic mass is 10.0. The van der Waals surface area contributed by atoms with Gasteiger partial charge in [0.15, 0.2) is 0 Å². The van der Waals surface area contributed by atoms with Crippen LogP contribution in [0, 0.1) is 6.92 Å². The van der Waals surface area contributed by atoms with Crippen LogP contribution in [0.3, 0.4) is 0 Å². The molecule has 0 saturated carbocycles. The van der Waals surface area contributed by atoms with E-state index in [9.17, 15) is 9.59 Å². The Labute approximate surface area is 141 Å². The fourth-order valence-corrected chi connectivity index (χ4v) is 2.34. The summed E-state index contributed by atoms with van der Waals surface area (Å²) < 4.78 is 5.38. The van der Waals surface area contributed by atoms with Gasteiger partial charge in [-0.1, -0.05) is 29.8 Å². The van der Waals surface area contributed by atoms with Gasteiger partial charge in [0.2, 0.25) is 0 Å². The lowest BCUT2D eigenvalue weighted by Crippen LogP contribution is -2.30. The fraction of sp³-hybridized carbons (Fsp3) is 0.263. The Morgan fingerprint density at radius 2 is 1.71 bits per heavy atom. The second kappa shape index (κ2) is 8.15. The van der Waals surface area contributed by atoms with Gasteiger partial charge in [0, 0.05) is 5.56 Å². The van der Waals surface area contributed by atoms with E-state index in [2.05, 4.69) is 5.32 Å². The van der Waals surface area contributed by atoms with E-state index in [0.717, 1.165) is 11.1 Å². The van der Waals surface area contributed by atoms with Gasteiger partial charge < -0.3 is 15.2 Å². The Morgan fingerprint density at radius 3 is 2.25 bits per heavy atom. The van der Waals surface area contributed by atoms with Crippen molar-refractivity contribution >= 4 is 11.9 Å². The van der Waals surface area contributed by atoms with Crippen molar-refractivity contribution < 1.29 is 19.4 Å². The number of amides is 1. The topological polar surface area (TPSA) is 75.6 Å². The number of ether oxygens (including phenoxy) is 1. The van der Waals surface area contributed by atoms with Gasteiger partial charge >= 0.3 is 5.97 Å². The van der Waals surface area contributed by atoms with E-state index in [4.69, 9.17) is 9.84 Å². The number of hydrogen-bond acceptors (Lipinski definition) is 3. The van der Waals surface area contributed by atoms with Crippen molar-refractivity contribution in [1.29, 1.82) is 0 Å². The Bertz CT molecular complexity index is 692. The largest absolute Gasteiger partial charge is 0.494 e. The second-order valence-electron chi connectivity index (χ2n) is 5.49. The van der Waals surface area contributed by atoms with Crippen molar-refractivity contribution in [2.24, 2.45) is 0 Å². The molecule has 2 N–H and O–H groups in total. The predicted molar refractivity (Wildman–Crippen MR) is 91.3 cm³/mol. The number of carbonyl (C=O) groups excluding carboxylic acids is 1. The van der Waals surface area contributed by atoms with E-state index in [1.54, 1.807) is 36.4 Å². The van der Waals surface area contributed by atoms with Gasteiger partial charge in [-0.2, -0.15) is 0 Å². The lowest BCUT2D eigenvalue weighted by Gasteiger charge is -2.18. The molecule has 24 heavy (non-hydrogen) atoms. The van der Waals surface area contributed by atoms with Crippen LogP contribution in [0.5, 0.6) is 5.75 Å². The number of benzene rings is 2. The van der Waals surface area contributed by atoms with Crippen molar-refractivity contribution in [2.45, 2.75) is 26.3 Å². The van der Waals surface area contributed by atoms with Crippen LogP contribution in [0.4, 0.5) is 0 Å². The first-order chi connectivity index (χ1) is 11.5. The predicted octanol–water partition coefficient (Wildman–Crippen LogP) is 3.34. The summed E-state index contributed by atoms with van der Waals surface area (Å²) in [6.45, 7) is 4.39. The standard InChI is InChI=1S/C19H21NO4/c1-3-24-16-10-8-14(9-11-16)17(12-18(21)22)20-19(23)15-6-4-13(2)5-7-15/h4-11,17H,3,12H2,1-2H3,(H,20,23)(H,21,22). The number of carboxylic acid groups (broad SMARTS) is 1. The molecule has 5 heteroatoms. The number of carbonyl (C=O) groups is 2. The normalized spacial score (nSPS) is 11.6. The Morgan fingerprint density at radius 1 is 1.08 bits per heavy atom. The molecule has 5 nitrogen and oxygen atoms in total. The Kier molecular flexibility index (Phi) is 5.95. The molecule has 0 aliphatic carbocycles. The maximum Gasteiger partial charge on any atom is 0.305 e. The molecule has 0 aromatic heterocycles. The highest BCUT2D eigenvalue weighted by atomic mass is 16.5. The van der Waals surface area contributed by atoms with E-state index in [-0.39, 0.29) is 12.3 Å². The van der Waals surface area contributed by atoms with E-state index in [1.807, 2.05) is 26.0 Å². The summed E-state index contributed by atoms with van der Waals surface area (Å²) in [6, 6.07) is 13.6. The van der Waals surface area contributed by atoms with Crippen LogP contribution >= 0.6 is 0 Å². The molecule has 2 aromatic carbocycles. The number of hydrogen-bond donors (Lipinski definition) is 2. The number of nitrogens with one attached hydrogen (secondary N) is 1. The molecule has 0 saturated heterocycles. The molecule has 0 spiro atoms. The van der Waals surface area contributed by atoms with Crippen LogP contribution in [-0.2, 0) is 4.79 Å². The summed E-state index contributed by atoms with van der Waals surface area (Å²) in [7, 11) is 0. The average molecular weight is 327 g/mol. The Balaban J connectivity index is 2.16. The van der Waals surface area contributed by atoms with Gasteiger partial charge in [0.05, 0.1) is 19.1 Å². The van der Waals surface area contributed by atoms with Crippen molar-refractivity contribution in [3.8, 4) is 5.75 Å². The SMILES string of the molecule is CCOc1ccc(C(CC(=O)O)NC(=O)c2ccc(C)cc2)cc1. The maximum atomic E-state index is 12.4. The molecule has 126 valence electrons. The monoisotopic (exact) mass is 327 g/mol. The smallest absolute Gasteiger partial charge is 0.305 e. The summed E-state index contributed by atoms with van der Waals surface area (Å²) in [6.07, 6.45) is -0.189. The number of aryl methyl sites for hydroxylation is 1. The summed E-state index contributed by atoms with van der Waals surface area (Å²) in [5.41, 5.74) is 2.28. The molecule has 0 radical (unpaired) electrons. The molecule has 0 fully saturated rings. The van der Waals surface area contributed by atoms with Gasteiger partial charge in [-0.3, -0.25) is 9.59 Å². The Hall–Kier alpha value is -2.82. The quantitative estimate of drug-likeness (QED) is 0.818. The van der Waals surface area contributed by atoms with Crippen molar-refractivity contribution in [3.63, 3.8) is 0 Å². The summed E-state index contributed by atoms with van der Waals surface area (Å²) in [5, 5.41) is 11.9. The van der Waals surface area contributed by atoms with Crippen LogP contribution in [0.25, 0.3) is 0 Å². The third kappa shape index (κ3) is 4.84. The van der Waals surface area contributed by atoms with Crippen molar-refractivity contribution in [3.05, 3.63) is 65.2 Å². The van der Waals surface area contributed by atoms with E-state index in [1.165, 1.54) is 0 Å². The van der Waals surface area contributed by atoms with Crippen LogP contribution in [0.1, 0.15) is 40.9 Å². The molecule has 2 aromatic rings. The third-order valence-electron chi connectivity index (χ3n) is 3.59. The zero-order valence-electron chi connectivity index (χ0n) is 13.8. The van der Waals surface area contributed by atoms with Crippen LogP contribution in [0.15, 0.2) is 48.5 Å². The van der Waals surface area contributed by atoms with Crippen molar-refractivity contribution in [2.75, 3.05) is 6.61 Å². The summed E-state index contributed by atoms with van der Waals surface area (Å²) in [4.78, 5) is 23.5. The summed E-state index contributed by atoms with van der Waals surface area (Å²) in [5.74, 6) is -0.562. The van der Waals surface area contributed by atoms with E-state index < -0.39 is 12.0 Å². The lowest BCUT2D eigenvalue weighted by molar-refractivity contribution is -0.137. The molecular formula is C19H21NO4. The minimum absolute atomic E-state index is 0.189. The minimum Gasteiger partial charge on any atom is -0.494 e. The summed E-state index contributed by atoms with van der Waals surface area (Å²) >= 11 is 0. The molecule has 1 unspecified atom stereocenters. The molecule has 1 amide bonds. The molecule has 0 heterocycles. The molecule has 0 bridgehead atoms. The minimum atomic E-state index is -0.974. The van der Waals surface area contributed by atoms with Gasteiger partial charge in [0.1, 0.15) is 5.75 Å². The van der Waals surface area contributed by atoms with Crippen molar-refractivity contribution in [1.82, 2.24) is 5.32 Å². The molecular weight excluding hydrogens is 306 g/mol. The van der Waals surface area contributed by atoms with E-state index >= 15 is 0 Å². The highest BCUT2D eigenvalue weighted by Gasteiger charge is 2.19. The maximum absolute atomic E-state index is 12.4. The average Bonchev–Trinajstić information content (AvgIpc) is 2.55. The van der Waals surface area contributed by atoms with Gasteiger partial charge in [-0.05, 0) is 43.7 Å². The zero-order chi connectivity index (χ0) is 17.5. The molecule has 0 aliphatic heterocycles. The van der Waals surface area contributed by atoms with Gasteiger partial charge in [-0.25, -0.2) is 0 Å². The zero-order valence-corrected chi connectivity index (χ0v) is 13.8. The number of aliphatic carboxylic acids is 1. The third-order valence-corrected chi connectivity index (χ3v) is 3.59. The van der Waals surface area contributed by atoms with Crippen LogP contribution in [0.2, 0.25) is 0 Å². The number of rotatable bonds is 7. The highest BCUT2D eigenvalue weighted by molar-refractivity contribution is 5.94. The second-order valence-corrected chi connectivity index (χ2v) is 5.49. The first kappa shape index (κ1) is 17.5. The van der Waals surface area contributed by atoms with E-state index in [0.29, 0.717) is 17.9 Å². The molecule has 0 aliphatic rings. The van der Waals surface area contributed by atoms with Crippen LogP contribution in [-0.4, -0.2) is 23.6 Å². The molecule has 1 atom stereocenters. The molecule has 2 rings (SSSR count). The van der Waals surface area contributed by atoms with Crippen LogP contribution < -0.4 is 10.1 Å². The van der Waals surface area contributed by atoms with Gasteiger partial charge in [0.25, 0.3) is 5.91 Å². The first-order valence-corrected chi connectivity index (χ1v) is 7.81. The highest BCUT2D eigenvalue weighted by Crippen LogP contribution is 2.21. The first-order valence-electron chi connectivity index (χ1n) is 7.81.